The van der Waals surface area contributed by atoms with E-state index in [1.54, 1.807) is 0 Å². The lowest BCUT2D eigenvalue weighted by Crippen LogP contribution is -2.08. The van der Waals surface area contributed by atoms with Crippen LogP contribution < -0.4 is 13.6 Å². The van der Waals surface area contributed by atoms with E-state index in [4.69, 9.17) is 54.3 Å². The van der Waals surface area contributed by atoms with Crippen LogP contribution in [0.5, 0.6) is 17.2 Å². The number of nitrogens with zero attached hydrogens (tertiary/aromatic N) is 4. The van der Waals surface area contributed by atoms with Crippen LogP contribution >= 0.6 is 30.6 Å². The van der Waals surface area contributed by atoms with E-state index in [0.29, 0.717) is 62.6 Å². The van der Waals surface area contributed by atoms with Gasteiger partial charge in [0.2, 0.25) is 0 Å². The van der Waals surface area contributed by atoms with Gasteiger partial charge < -0.3 is 31.7 Å². The van der Waals surface area contributed by atoms with Crippen molar-refractivity contribution in [3.8, 4) is 17.2 Å². The van der Waals surface area contributed by atoms with Crippen molar-refractivity contribution in [2.24, 2.45) is 18.1 Å². The maximum atomic E-state index is 6.91. The van der Waals surface area contributed by atoms with Gasteiger partial charge in [-0.2, -0.15) is 0 Å². The fourth-order valence-corrected chi connectivity index (χ4v) is 17.3. The second-order valence-corrected chi connectivity index (χ2v) is 20.8. The Labute approximate surface area is 311 Å². The smallest absolute Gasteiger partial charge is 0.422 e. The molecule has 12 nitrogen and oxygen atoms in total. The van der Waals surface area contributed by atoms with Crippen LogP contribution in [0.15, 0.2) is 90.9 Å². The molecule has 52 heavy (non-hydrogen) atoms. The Hall–Kier alpha value is -2.22. The van der Waals surface area contributed by atoms with Gasteiger partial charge in [0.15, 0.2) is 0 Å². The summed E-state index contributed by atoms with van der Waals surface area (Å²) in [4.78, 5) is 0. The molecular weight excluding hydrogens is 740 g/mol. The summed E-state index contributed by atoms with van der Waals surface area (Å²) in [6, 6.07) is 22.8. The number of benzene rings is 3. The zero-order valence-electron chi connectivity index (χ0n) is 31.8. The van der Waals surface area contributed by atoms with E-state index < -0.39 is 30.6 Å². The largest absolute Gasteiger partial charge is 0.458 e. The van der Waals surface area contributed by atoms with E-state index in [1.807, 2.05) is 128 Å². The maximum Gasteiger partial charge on any atom is 0.458 e. The second-order valence-electron chi connectivity index (χ2n) is 12.2. The van der Waals surface area contributed by atoms with Gasteiger partial charge in [0, 0.05) is 0 Å². The van der Waals surface area contributed by atoms with Crippen LogP contribution in [-0.4, -0.2) is 33.0 Å². The Morgan fingerprint density at radius 2 is 0.577 bits per heavy atom. The topological polar surface area (TPSA) is 123 Å². The highest BCUT2D eigenvalue weighted by atomic mass is 31.3. The van der Waals surface area contributed by atoms with Crippen LogP contribution in [0.25, 0.3) is 0 Å². The number of hydrogen-bond acceptors (Lipinski definition) is 12. The first-order valence-corrected chi connectivity index (χ1v) is 24.2. The van der Waals surface area contributed by atoms with Gasteiger partial charge in [-0.3, -0.25) is 4.52 Å². The molecule has 1 aliphatic heterocycles. The molecule has 0 bridgehead atoms. The van der Waals surface area contributed by atoms with Gasteiger partial charge in [0.05, 0.1) is 33.0 Å². The van der Waals surface area contributed by atoms with Crippen molar-refractivity contribution < 1.29 is 36.2 Å². The molecule has 0 aliphatic carbocycles. The third-order valence-corrected chi connectivity index (χ3v) is 18.1. The fourth-order valence-electron chi connectivity index (χ4n) is 4.39. The Balaban J connectivity index is 2.24. The standard InChI is InChI=1S/C36H56N4O8P4/c1-9-26-41-49(42-27-10-2)37-50(43-28-11-3,44-29-12-4)39-52(47-35-22-16-32(7)17-23-35,48-36-24-18-33(8)19-25-36)40-51(38-49,45-30-13-5)46-34-20-14-31(6)15-21-34/h14-25H,9-13,26-30H2,1-8H3. The quantitative estimate of drug-likeness (QED) is 0.0976. The van der Waals surface area contributed by atoms with Gasteiger partial charge in [-0.05, 0) is 89.3 Å². The predicted octanol–water partition coefficient (Wildman–Crippen LogP) is 14.1. The zero-order chi connectivity index (χ0) is 37.5. The van der Waals surface area contributed by atoms with E-state index >= 15 is 0 Å². The Morgan fingerprint density at radius 3 is 0.885 bits per heavy atom. The van der Waals surface area contributed by atoms with Crippen LogP contribution in [-0.2, 0) is 22.6 Å². The molecule has 3 aromatic rings. The molecule has 0 spiro atoms. The molecule has 16 heteroatoms. The normalized spacial score (nSPS) is 18.8. The van der Waals surface area contributed by atoms with Crippen molar-refractivity contribution in [3.05, 3.63) is 89.5 Å². The molecule has 1 atom stereocenters. The van der Waals surface area contributed by atoms with Gasteiger partial charge in [-0.25, -0.2) is 0 Å². The van der Waals surface area contributed by atoms with Crippen molar-refractivity contribution >= 4 is 30.6 Å². The average Bonchev–Trinajstić information content (AvgIpc) is 3.13. The third-order valence-electron chi connectivity index (χ3n) is 6.96. The molecule has 0 saturated carbocycles. The Morgan fingerprint density at radius 1 is 0.346 bits per heavy atom. The highest BCUT2D eigenvalue weighted by molar-refractivity contribution is 7.78. The minimum Gasteiger partial charge on any atom is -0.422 e. The molecular formula is C36H56N4O8P4. The molecule has 3 aromatic carbocycles. The lowest BCUT2D eigenvalue weighted by atomic mass is 10.2. The summed E-state index contributed by atoms with van der Waals surface area (Å²) < 4.78 is 75.2. The van der Waals surface area contributed by atoms with Gasteiger partial charge >= 0.3 is 30.6 Å². The van der Waals surface area contributed by atoms with E-state index in [2.05, 4.69) is 0 Å². The molecule has 4 rings (SSSR count). The number of aryl methyl sites for hydroxylation is 3. The molecule has 1 heterocycles. The van der Waals surface area contributed by atoms with Crippen molar-refractivity contribution in [2.75, 3.05) is 33.0 Å². The van der Waals surface area contributed by atoms with Crippen molar-refractivity contribution in [1.29, 1.82) is 0 Å². The van der Waals surface area contributed by atoms with Gasteiger partial charge in [-0.15, -0.1) is 18.1 Å². The van der Waals surface area contributed by atoms with E-state index in [0.717, 1.165) is 16.7 Å². The summed E-state index contributed by atoms with van der Waals surface area (Å²) in [5.41, 5.74) is 3.18. The van der Waals surface area contributed by atoms with Crippen LogP contribution in [0, 0.1) is 20.8 Å². The van der Waals surface area contributed by atoms with Crippen LogP contribution in [0.4, 0.5) is 0 Å². The Kier molecular flexibility index (Phi) is 16.7. The van der Waals surface area contributed by atoms with Crippen LogP contribution in [0.2, 0.25) is 0 Å². The highest BCUT2D eigenvalue weighted by Gasteiger charge is 2.45. The fraction of sp³-hybridized carbons (Fsp3) is 0.500. The minimum absolute atomic E-state index is 0.252. The predicted molar refractivity (Wildman–Crippen MR) is 214 cm³/mol. The maximum absolute atomic E-state index is 6.91. The van der Waals surface area contributed by atoms with E-state index in [-0.39, 0.29) is 19.8 Å². The van der Waals surface area contributed by atoms with E-state index in [9.17, 15) is 0 Å². The molecule has 0 radical (unpaired) electrons. The summed E-state index contributed by atoms with van der Waals surface area (Å²) in [5, 5.41) is 0. The molecule has 0 amide bonds. The second kappa shape index (κ2) is 20.5. The average molecular weight is 797 g/mol. The molecule has 0 N–H and O–H groups in total. The third kappa shape index (κ3) is 12.4. The van der Waals surface area contributed by atoms with Gasteiger partial charge in [-0.1, -0.05) is 87.7 Å². The Bertz CT molecular complexity index is 1710. The van der Waals surface area contributed by atoms with Crippen molar-refractivity contribution in [2.45, 2.75) is 87.5 Å². The monoisotopic (exact) mass is 796 g/mol. The SMILES string of the molecule is CCCOP1(OCCC)=NP(OCCC)(OCCC)=NP(OCCC)(Oc2ccc(C)cc2)=NP(Oc2ccc(C)cc2)(Oc2ccc(C)cc2)=N1. The zero-order valence-corrected chi connectivity index (χ0v) is 35.4. The van der Waals surface area contributed by atoms with E-state index in [1.165, 1.54) is 0 Å². The summed E-state index contributed by atoms with van der Waals surface area (Å²) in [6.07, 6.45) is 3.34. The number of hydrogen-bond donors (Lipinski definition) is 0. The van der Waals surface area contributed by atoms with Crippen molar-refractivity contribution in [1.82, 2.24) is 0 Å². The van der Waals surface area contributed by atoms with Gasteiger partial charge in [0.1, 0.15) is 17.2 Å². The molecule has 1 aliphatic rings. The first-order chi connectivity index (χ1) is 25.0. The number of rotatable bonds is 21. The minimum atomic E-state index is -3.99. The summed E-state index contributed by atoms with van der Waals surface area (Å²) in [7, 11) is -15.2. The van der Waals surface area contributed by atoms with Crippen LogP contribution in [0.1, 0.15) is 83.4 Å². The first-order valence-electron chi connectivity index (χ1n) is 18.1. The molecule has 0 fully saturated rings. The molecule has 0 saturated heterocycles. The summed E-state index contributed by atoms with van der Waals surface area (Å²) in [5.74, 6) is 1.43. The lowest BCUT2D eigenvalue weighted by molar-refractivity contribution is 0.228. The molecule has 0 aromatic heterocycles. The molecule has 288 valence electrons. The molecule has 1 unspecified atom stereocenters. The van der Waals surface area contributed by atoms with Crippen LogP contribution in [0.3, 0.4) is 0 Å². The van der Waals surface area contributed by atoms with Gasteiger partial charge in [0.25, 0.3) is 0 Å². The van der Waals surface area contributed by atoms with Crippen molar-refractivity contribution in [3.63, 3.8) is 0 Å². The lowest BCUT2D eigenvalue weighted by Gasteiger charge is -2.33. The first kappa shape index (κ1) is 42.5. The summed E-state index contributed by atoms with van der Waals surface area (Å²) >= 11 is 0. The highest BCUT2D eigenvalue weighted by Crippen LogP contribution is 2.80. The summed E-state index contributed by atoms with van der Waals surface area (Å²) in [6.45, 7) is 17.5.